The first-order valence-corrected chi connectivity index (χ1v) is 10.0. The van der Waals surface area contributed by atoms with Gasteiger partial charge >= 0.3 is 0 Å². The van der Waals surface area contributed by atoms with E-state index in [0.717, 1.165) is 11.1 Å². The fourth-order valence-corrected chi connectivity index (χ4v) is 3.69. The maximum atomic E-state index is 12.9. The highest BCUT2D eigenvalue weighted by molar-refractivity contribution is 6.46. The molecule has 1 saturated heterocycles. The highest BCUT2D eigenvalue weighted by Crippen LogP contribution is 2.39. The van der Waals surface area contributed by atoms with Crippen molar-refractivity contribution in [2.75, 3.05) is 6.54 Å². The minimum atomic E-state index is -1.10. The largest absolute Gasteiger partial charge is 0.550 e. The number of aliphatic hydroxyl groups excluding tert-OH is 1. The van der Waals surface area contributed by atoms with Gasteiger partial charge in [-0.2, -0.15) is 0 Å². The number of unbranched alkanes of at least 4 members (excludes halogenated alkanes) is 2. The molecule has 1 atom stereocenters. The first-order valence-electron chi connectivity index (χ1n) is 10.0. The Kier molecular flexibility index (Phi) is 6.67. The molecule has 1 aliphatic heterocycles. The molecule has 1 heterocycles. The standard InChI is InChI=1S/C24H25NO5/c1-16-11-13-18(14-12-16)22(28)20-21(17-8-4-2-5-9-17)25(24(30)23(20)29)15-7-3-6-10-19(26)27/h2,4-5,8-9,11-14,21,28H,3,6-7,10,15H2,1H3,(H,26,27)/p-1/b22-20+/t21-/m0/s1. The molecule has 0 saturated carbocycles. The lowest BCUT2D eigenvalue weighted by molar-refractivity contribution is -0.305. The number of carbonyl (C=O) groups is 3. The van der Waals surface area contributed by atoms with Crippen LogP contribution in [0, 0.1) is 6.92 Å². The van der Waals surface area contributed by atoms with E-state index in [1.807, 2.05) is 49.4 Å². The number of carboxylic acids is 1. The molecule has 6 nitrogen and oxygen atoms in total. The Bertz CT molecular complexity index is 963. The molecule has 1 N–H and O–H groups in total. The lowest BCUT2D eigenvalue weighted by Gasteiger charge is -2.25. The maximum absolute atomic E-state index is 12.9. The smallest absolute Gasteiger partial charge is 0.295 e. The number of benzene rings is 2. The van der Waals surface area contributed by atoms with Crippen molar-refractivity contribution < 1.29 is 24.6 Å². The summed E-state index contributed by atoms with van der Waals surface area (Å²) in [5.41, 5.74) is 2.31. The second-order valence-corrected chi connectivity index (χ2v) is 7.45. The van der Waals surface area contributed by atoms with Gasteiger partial charge in [0.05, 0.1) is 11.6 Å². The van der Waals surface area contributed by atoms with Crippen LogP contribution in [-0.2, 0) is 14.4 Å². The molecule has 0 aliphatic carbocycles. The van der Waals surface area contributed by atoms with Gasteiger partial charge in [0.15, 0.2) is 0 Å². The highest BCUT2D eigenvalue weighted by Gasteiger charge is 2.45. The number of hydrogen-bond donors (Lipinski definition) is 1. The summed E-state index contributed by atoms with van der Waals surface area (Å²) in [6, 6.07) is 15.6. The van der Waals surface area contributed by atoms with Crippen molar-refractivity contribution in [2.45, 2.75) is 38.6 Å². The third-order valence-corrected chi connectivity index (χ3v) is 5.26. The molecule has 156 valence electrons. The summed E-state index contributed by atoms with van der Waals surface area (Å²) in [5, 5.41) is 21.5. The molecule has 1 aliphatic rings. The number of hydrogen-bond acceptors (Lipinski definition) is 5. The Morgan fingerprint density at radius 3 is 2.30 bits per heavy atom. The third-order valence-electron chi connectivity index (χ3n) is 5.26. The van der Waals surface area contributed by atoms with Crippen LogP contribution in [0.5, 0.6) is 0 Å². The zero-order valence-corrected chi connectivity index (χ0v) is 16.8. The summed E-state index contributed by atoms with van der Waals surface area (Å²) >= 11 is 0. The van der Waals surface area contributed by atoms with Gasteiger partial charge in [-0.25, -0.2) is 0 Å². The van der Waals surface area contributed by atoms with Gasteiger partial charge in [0, 0.05) is 18.1 Å². The minimum Gasteiger partial charge on any atom is -0.550 e. The summed E-state index contributed by atoms with van der Waals surface area (Å²) in [7, 11) is 0. The normalized spacial score (nSPS) is 18.0. The van der Waals surface area contributed by atoms with Gasteiger partial charge in [-0.3, -0.25) is 9.59 Å². The minimum absolute atomic E-state index is 0.0334. The molecular weight excluding hydrogens is 382 g/mol. The van der Waals surface area contributed by atoms with Gasteiger partial charge in [0.2, 0.25) is 0 Å². The second-order valence-electron chi connectivity index (χ2n) is 7.45. The lowest BCUT2D eigenvalue weighted by Crippen LogP contribution is -2.30. The highest BCUT2D eigenvalue weighted by atomic mass is 16.4. The number of carbonyl (C=O) groups excluding carboxylic acids is 3. The molecule has 30 heavy (non-hydrogen) atoms. The zero-order valence-electron chi connectivity index (χ0n) is 16.8. The fraction of sp³-hybridized carbons (Fsp3) is 0.292. The number of aliphatic carboxylic acids is 1. The van der Waals surface area contributed by atoms with Crippen molar-refractivity contribution in [3.05, 3.63) is 76.9 Å². The quantitative estimate of drug-likeness (QED) is 0.315. The molecule has 3 rings (SSSR count). The van der Waals surface area contributed by atoms with Crippen LogP contribution >= 0.6 is 0 Å². The zero-order chi connectivity index (χ0) is 21.7. The number of rotatable bonds is 8. The molecule has 1 amide bonds. The topological polar surface area (TPSA) is 97.7 Å². The number of carboxylic acid groups (broad SMARTS) is 1. The third kappa shape index (κ3) is 4.59. The molecule has 0 aromatic heterocycles. The fourth-order valence-electron chi connectivity index (χ4n) is 3.69. The molecule has 0 radical (unpaired) electrons. The number of aryl methyl sites for hydroxylation is 1. The van der Waals surface area contributed by atoms with E-state index >= 15 is 0 Å². The molecule has 0 spiro atoms. The Labute approximate surface area is 175 Å². The van der Waals surface area contributed by atoms with Crippen LogP contribution in [0.15, 0.2) is 60.2 Å². The Morgan fingerprint density at radius 1 is 1.00 bits per heavy atom. The van der Waals surface area contributed by atoms with E-state index in [1.54, 1.807) is 12.1 Å². The van der Waals surface area contributed by atoms with E-state index in [4.69, 9.17) is 0 Å². The summed E-state index contributed by atoms with van der Waals surface area (Å²) in [6.07, 6.45) is 1.56. The number of ketones is 1. The van der Waals surface area contributed by atoms with Crippen LogP contribution < -0.4 is 5.11 Å². The number of nitrogens with zero attached hydrogens (tertiary/aromatic N) is 1. The Balaban J connectivity index is 1.94. The average Bonchev–Trinajstić information content (AvgIpc) is 2.99. The summed E-state index contributed by atoms with van der Waals surface area (Å²) in [6.45, 7) is 2.22. The van der Waals surface area contributed by atoms with E-state index in [2.05, 4.69) is 0 Å². The van der Waals surface area contributed by atoms with Crippen LogP contribution in [-0.4, -0.2) is 34.2 Å². The monoisotopic (exact) mass is 406 g/mol. The number of aliphatic hydroxyl groups is 1. The maximum Gasteiger partial charge on any atom is 0.295 e. The van der Waals surface area contributed by atoms with E-state index in [1.165, 1.54) is 4.90 Å². The van der Waals surface area contributed by atoms with Crippen LogP contribution in [0.25, 0.3) is 5.76 Å². The summed E-state index contributed by atoms with van der Waals surface area (Å²) in [4.78, 5) is 37.7. The number of Topliss-reactive ketones (excluding diaryl/α,β-unsaturated/α-hetero) is 1. The first-order chi connectivity index (χ1) is 14.4. The summed E-state index contributed by atoms with van der Waals surface area (Å²) in [5.74, 6) is -2.66. The van der Waals surface area contributed by atoms with Crippen LogP contribution in [0.3, 0.4) is 0 Å². The molecule has 6 heteroatoms. The SMILES string of the molecule is Cc1ccc(/C(O)=C2\C(=O)C(=O)N(CCCCCC(=O)[O-])[C@H]2c2ccccc2)cc1. The van der Waals surface area contributed by atoms with Gasteiger partial charge < -0.3 is 19.9 Å². The summed E-state index contributed by atoms with van der Waals surface area (Å²) < 4.78 is 0. The molecule has 0 unspecified atom stereocenters. The van der Waals surface area contributed by atoms with Crippen LogP contribution in [0.1, 0.15) is 48.4 Å². The lowest BCUT2D eigenvalue weighted by atomic mass is 9.95. The van der Waals surface area contributed by atoms with Crippen molar-refractivity contribution >= 4 is 23.4 Å². The van der Waals surface area contributed by atoms with E-state index in [0.29, 0.717) is 31.4 Å². The predicted molar refractivity (Wildman–Crippen MR) is 110 cm³/mol. The molecule has 1 fully saturated rings. The van der Waals surface area contributed by atoms with Gasteiger partial charge in [-0.05, 0) is 31.7 Å². The van der Waals surface area contributed by atoms with E-state index in [9.17, 15) is 24.6 Å². The number of amides is 1. The molecule has 2 aromatic rings. The Morgan fingerprint density at radius 2 is 1.67 bits per heavy atom. The second kappa shape index (κ2) is 9.39. The van der Waals surface area contributed by atoms with E-state index < -0.39 is 23.7 Å². The van der Waals surface area contributed by atoms with E-state index in [-0.39, 0.29) is 17.8 Å². The van der Waals surface area contributed by atoms with Crippen molar-refractivity contribution in [1.29, 1.82) is 0 Å². The van der Waals surface area contributed by atoms with Crippen molar-refractivity contribution in [3.63, 3.8) is 0 Å². The van der Waals surface area contributed by atoms with Crippen molar-refractivity contribution in [1.82, 2.24) is 4.90 Å². The molecule has 0 bridgehead atoms. The van der Waals surface area contributed by atoms with Crippen LogP contribution in [0.4, 0.5) is 0 Å². The average molecular weight is 406 g/mol. The Hall–Kier alpha value is -3.41. The van der Waals surface area contributed by atoms with Crippen molar-refractivity contribution in [3.8, 4) is 0 Å². The molecular formula is C24H24NO5-. The predicted octanol–water partition coefficient (Wildman–Crippen LogP) is 2.73. The van der Waals surface area contributed by atoms with Gasteiger partial charge in [0.1, 0.15) is 5.76 Å². The first kappa shape index (κ1) is 21.3. The number of likely N-dealkylation sites (tertiary alicyclic amines) is 1. The molecule has 2 aromatic carbocycles. The van der Waals surface area contributed by atoms with Gasteiger partial charge in [-0.15, -0.1) is 0 Å². The van der Waals surface area contributed by atoms with Gasteiger partial charge in [-0.1, -0.05) is 66.6 Å². The van der Waals surface area contributed by atoms with Crippen LogP contribution in [0.2, 0.25) is 0 Å². The van der Waals surface area contributed by atoms with Crippen molar-refractivity contribution in [2.24, 2.45) is 0 Å². The van der Waals surface area contributed by atoms with Gasteiger partial charge in [0.25, 0.3) is 11.7 Å².